The Morgan fingerprint density at radius 1 is 1.32 bits per heavy atom. The molecule has 0 saturated heterocycles. The van der Waals surface area contributed by atoms with E-state index < -0.39 is 16.6 Å². The molecule has 148 valence electrons. The summed E-state index contributed by atoms with van der Waals surface area (Å²) in [6.07, 6.45) is 0.680. The second kappa shape index (κ2) is 7.72. The second-order valence-corrected chi connectivity index (χ2v) is 8.94. The quantitative estimate of drug-likeness (QED) is 0.376. The van der Waals surface area contributed by atoms with Crippen LogP contribution in [0.4, 0.5) is 16.2 Å². The average molecular weight is 468 g/mol. The van der Waals surface area contributed by atoms with Crippen LogP contribution in [0.1, 0.15) is 44.4 Å². The number of benzene rings is 2. The highest BCUT2D eigenvalue weighted by Gasteiger charge is 2.37. The molecule has 1 atom stereocenters. The monoisotopic (exact) mass is 466 g/mol. The maximum Gasteiger partial charge on any atom is 0.415 e. The summed E-state index contributed by atoms with van der Waals surface area (Å²) in [6, 6.07) is 10.00. The zero-order valence-electron chi connectivity index (χ0n) is 15.7. The fraction of sp³-hybridized carbons (Fsp3) is 0.350. The van der Waals surface area contributed by atoms with E-state index in [-0.39, 0.29) is 11.7 Å². The second-order valence-electron chi connectivity index (χ2n) is 7.65. The molecule has 0 N–H and O–H groups in total. The summed E-state index contributed by atoms with van der Waals surface area (Å²) >= 11 is 9.59. The smallest absolute Gasteiger partial charge is 0.415 e. The van der Waals surface area contributed by atoms with Crippen molar-refractivity contribution < 1.29 is 14.5 Å². The largest absolute Gasteiger partial charge is 0.443 e. The summed E-state index contributed by atoms with van der Waals surface area (Å²) in [5.41, 5.74) is 1.51. The number of hydrogen-bond donors (Lipinski definition) is 0. The number of ether oxygens (including phenoxy) is 1. The number of halogens is 2. The molecule has 0 spiro atoms. The molecule has 1 unspecified atom stereocenters. The number of amides is 1. The zero-order valence-corrected chi connectivity index (χ0v) is 18.1. The summed E-state index contributed by atoms with van der Waals surface area (Å²) in [6.45, 7) is 5.40. The van der Waals surface area contributed by atoms with Crippen LogP contribution >= 0.6 is 27.5 Å². The molecule has 0 aliphatic carbocycles. The van der Waals surface area contributed by atoms with Gasteiger partial charge in [0.25, 0.3) is 5.69 Å². The topological polar surface area (TPSA) is 72.7 Å². The van der Waals surface area contributed by atoms with Gasteiger partial charge in [0.15, 0.2) is 0 Å². The first-order chi connectivity index (χ1) is 13.1. The summed E-state index contributed by atoms with van der Waals surface area (Å²) < 4.78 is 6.13. The molecule has 0 saturated carbocycles. The Labute approximate surface area is 176 Å². The van der Waals surface area contributed by atoms with Gasteiger partial charge in [-0.05, 0) is 72.8 Å². The van der Waals surface area contributed by atoms with Crippen LogP contribution in [-0.2, 0) is 11.2 Å². The number of carbonyl (C=O) groups excluding carboxylic acids is 1. The first-order valence-electron chi connectivity index (χ1n) is 8.81. The molecule has 0 bridgehead atoms. The van der Waals surface area contributed by atoms with E-state index in [1.807, 2.05) is 18.2 Å². The highest BCUT2D eigenvalue weighted by atomic mass is 79.9. The molecule has 2 aromatic rings. The van der Waals surface area contributed by atoms with Gasteiger partial charge in [-0.3, -0.25) is 15.0 Å². The first-order valence-corrected chi connectivity index (χ1v) is 9.98. The molecule has 3 rings (SSSR count). The number of nitro groups is 1. The number of nitrogens with zero attached hydrogens (tertiary/aromatic N) is 2. The molecule has 2 aromatic carbocycles. The minimum absolute atomic E-state index is 0.0176. The van der Waals surface area contributed by atoms with Crippen LogP contribution in [-0.4, -0.2) is 16.6 Å². The van der Waals surface area contributed by atoms with Gasteiger partial charge in [-0.15, -0.1) is 0 Å². The normalized spacial score (nSPS) is 16.5. The fourth-order valence-corrected chi connectivity index (χ4v) is 4.22. The Hall–Kier alpha value is -2.12. The highest BCUT2D eigenvalue weighted by molar-refractivity contribution is 9.10. The van der Waals surface area contributed by atoms with Crippen LogP contribution in [0.15, 0.2) is 40.9 Å². The van der Waals surface area contributed by atoms with Gasteiger partial charge in [-0.25, -0.2) is 4.79 Å². The predicted octanol–water partition coefficient (Wildman–Crippen LogP) is 6.44. The molecule has 0 fully saturated rings. The van der Waals surface area contributed by atoms with Crippen LogP contribution in [0.5, 0.6) is 0 Å². The van der Waals surface area contributed by atoms with Crippen molar-refractivity contribution in [1.29, 1.82) is 0 Å². The molecule has 1 amide bonds. The van der Waals surface area contributed by atoms with Crippen LogP contribution in [0.2, 0.25) is 5.02 Å². The van der Waals surface area contributed by atoms with Gasteiger partial charge < -0.3 is 4.74 Å². The summed E-state index contributed by atoms with van der Waals surface area (Å²) in [7, 11) is 0. The van der Waals surface area contributed by atoms with Gasteiger partial charge in [0.2, 0.25) is 0 Å². The Morgan fingerprint density at radius 2 is 2.04 bits per heavy atom. The fourth-order valence-electron chi connectivity index (χ4n) is 3.34. The molecule has 0 radical (unpaired) electrons. The third kappa shape index (κ3) is 4.31. The lowest BCUT2D eigenvalue weighted by molar-refractivity contribution is -0.385. The Kier molecular flexibility index (Phi) is 5.68. The van der Waals surface area contributed by atoms with Gasteiger partial charge in [-0.2, -0.15) is 0 Å². The average Bonchev–Trinajstić information content (AvgIpc) is 2.59. The lowest BCUT2D eigenvalue weighted by atomic mass is 9.91. The molecule has 1 aliphatic heterocycles. The SMILES string of the molecule is CC(C)(C)OC(=O)N1c2c(Br)cc([N+](=O)[O-])cc2CCC1c1cccc(Cl)c1. The van der Waals surface area contributed by atoms with Gasteiger partial charge in [-0.1, -0.05) is 23.7 Å². The van der Waals surface area contributed by atoms with E-state index in [1.54, 1.807) is 31.7 Å². The molecule has 6 nitrogen and oxygen atoms in total. The molecule has 0 aromatic heterocycles. The number of rotatable bonds is 2. The van der Waals surface area contributed by atoms with E-state index in [2.05, 4.69) is 15.9 Å². The molecule has 1 heterocycles. The van der Waals surface area contributed by atoms with Gasteiger partial charge in [0.05, 0.1) is 16.7 Å². The number of anilines is 1. The van der Waals surface area contributed by atoms with Gasteiger partial charge in [0, 0.05) is 21.6 Å². The molecular formula is C20H20BrClN2O4. The third-order valence-corrected chi connectivity index (χ3v) is 5.24. The Balaban J connectivity index is 2.14. The summed E-state index contributed by atoms with van der Waals surface area (Å²) in [5, 5.41) is 11.8. The van der Waals surface area contributed by atoms with E-state index in [9.17, 15) is 14.9 Å². The number of hydrogen-bond acceptors (Lipinski definition) is 4. The van der Waals surface area contributed by atoms with E-state index in [4.69, 9.17) is 16.3 Å². The van der Waals surface area contributed by atoms with Crippen molar-refractivity contribution >= 4 is 45.0 Å². The van der Waals surface area contributed by atoms with Crippen LogP contribution in [0, 0.1) is 10.1 Å². The minimum Gasteiger partial charge on any atom is -0.443 e. The number of nitro benzene ring substituents is 1. The van der Waals surface area contributed by atoms with Crippen LogP contribution in [0.25, 0.3) is 0 Å². The van der Waals surface area contributed by atoms with Crippen molar-refractivity contribution in [3.05, 3.63) is 67.1 Å². The van der Waals surface area contributed by atoms with E-state index in [0.717, 1.165) is 11.1 Å². The minimum atomic E-state index is -0.680. The van der Waals surface area contributed by atoms with Gasteiger partial charge in [0.1, 0.15) is 5.60 Å². The van der Waals surface area contributed by atoms with Gasteiger partial charge >= 0.3 is 6.09 Å². The maximum absolute atomic E-state index is 13.1. The Morgan fingerprint density at radius 3 is 2.64 bits per heavy atom. The number of aryl methyl sites for hydroxylation is 1. The summed E-state index contributed by atoms with van der Waals surface area (Å²) in [5.74, 6) is 0. The number of carbonyl (C=O) groups is 1. The van der Waals surface area contributed by atoms with Crippen molar-refractivity contribution in [1.82, 2.24) is 0 Å². The van der Waals surface area contributed by atoms with E-state index in [0.29, 0.717) is 28.0 Å². The molecule has 1 aliphatic rings. The standard InChI is InChI=1S/C20H20BrClN2O4/c1-20(2,3)28-19(25)23-17(12-5-4-6-14(22)9-12)8-7-13-10-15(24(26)27)11-16(21)18(13)23/h4-6,9-11,17H,7-8H2,1-3H3. The Bertz CT molecular complexity index is 942. The van der Waals surface area contributed by atoms with Crippen molar-refractivity contribution in [3.8, 4) is 0 Å². The molecule has 8 heteroatoms. The van der Waals surface area contributed by atoms with E-state index in [1.165, 1.54) is 12.1 Å². The highest BCUT2D eigenvalue weighted by Crippen LogP contribution is 2.45. The molecular weight excluding hydrogens is 448 g/mol. The van der Waals surface area contributed by atoms with E-state index >= 15 is 0 Å². The summed E-state index contributed by atoms with van der Waals surface area (Å²) in [4.78, 5) is 25.5. The predicted molar refractivity (Wildman–Crippen MR) is 112 cm³/mol. The number of non-ortho nitro benzene ring substituents is 1. The van der Waals surface area contributed by atoms with Crippen molar-refractivity contribution in [2.24, 2.45) is 0 Å². The molecule has 28 heavy (non-hydrogen) atoms. The third-order valence-electron chi connectivity index (χ3n) is 4.40. The van der Waals surface area contributed by atoms with Crippen molar-refractivity contribution in [2.75, 3.05) is 4.90 Å². The zero-order chi connectivity index (χ0) is 20.6. The maximum atomic E-state index is 13.1. The van der Waals surface area contributed by atoms with Crippen molar-refractivity contribution in [2.45, 2.75) is 45.3 Å². The lowest BCUT2D eigenvalue weighted by Crippen LogP contribution is -2.42. The number of fused-ring (bicyclic) bond motifs is 1. The first kappa shape index (κ1) is 20.6. The van der Waals surface area contributed by atoms with Crippen molar-refractivity contribution in [3.63, 3.8) is 0 Å². The lowest BCUT2D eigenvalue weighted by Gasteiger charge is -2.38. The van der Waals surface area contributed by atoms with Crippen LogP contribution < -0.4 is 4.90 Å². The van der Waals surface area contributed by atoms with Crippen LogP contribution in [0.3, 0.4) is 0 Å².